The Hall–Kier alpha value is -0.908. The Morgan fingerprint density at radius 2 is 2.18 bits per heavy atom. The van der Waals surface area contributed by atoms with Gasteiger partial charge in [-0.05, 0) is 0 Å². The third kappa shape index (κ3) is 1.53. The van der Waals surface area contributed by atoms with E-state index in [0.29, 0.717) is 0 Å². The van der Waals surface area contributed by atoms with Crippen molar-refractivity contribution in [3.63, 3.8) is 0 Å². The predicted molar refractivity (Wildman–Crippen MR) is 64.9 cm³/mol. The Labute approximate surface area is 111 Å². The van der Waals surface area contributed by atoms with Gasteiger partial charge in [-0.25, -0.2) is 0 Å². The van der Waals surface area contributed by atoms with Crippen LogP contribution in [0.5, 0.6) is 0 Å². The van der Waals surface area contributed by atoms with Crippen molar-refractivity contribution in [2.75, 3.05) is 0 Å². The van der Waals surface area contributed by atoms with E-state index in [-0.39, 0.29) is 9.44 Å². The van der Waals surface area contributed by atoms with Crippen LogP contribution in [-0.2, 0) is 29.6 Å². The van der Waals surface area contributed by atoms with Crippen LogP contribution in [0.3, 0.4) is 0 Å². The SMILES string of the molecule is Cc1cn2c3c(cccc3c1=O)CC[C]2(C)[Re]. The van der Waals surface area contributed by atoms with Crippen molar-refractivity contribution in [1.29, 1.82) is 0 Å². The molecule has 17 heavy (non-hydrogen) atoms. The van der Waals surface area contributed by atoms with Gasteiger partial charge in [-0.15, -0.1) is 0 Å². The summed E-state index contributed by atoms with van der Waals surface area (Å²) in [6.45, 7) is 4.18. The molecule has 0 fully saturated rings. The number of nitrogens with zero attached hydrogens (tertiary/aromatic N) is 1. The molecular formula is C14H14NORe. The molecule has 1 aromatic heterocycles. The van der Waals surface area contributed by atoms with Gasteiger partial charge in [-0.2, -0.15) is 0 Å². The second-order valence-corrected chi connectivity index (χ2v) is 7.89. The zero-order chi connectivity index (χ0) is 12.2. The third-order valence-electron chi connectivity index (χ3n) is 3.64. The molecule has 2 aromatic rings. The van der Waals surface area contributed by atoms with Crippen molar-refractivity contribution in [2.45, 2.75) is 30.7 Å². The molecule has 0 amide bonds. The van der Waals surface area contributed by atoms with Crippen molar-refractivity contribution in [1.82, 2.24) is 4.57 Å². The summed E-state index contributed by atoms with van der Waals surface area (Å²) in [7, 11) is 0. The van der Waals surface area contributed by atoms with E-state index < -0.39 is 0 Å². The first-order chi connectivity index (χ1) is 8.00. The number of pyridine rings is 1. The minimum atomic E-state index is 0.158. The Morgan fingerprint density at radius 1 is 1.41 bits per heavy atom. The third-order valence-corrected chi connectivity index (χ3v) is 4.97. The van der Waals surface area contributed by atoms with Gasteiger partial charge < -0.3 is 0 Å². The van der Waals surface area contributed by atoms with E-state index in [1.54, 1.807) is 19.2 Å². The number of para-hydroxylation sites is 1. The molecule has 1 aromatic carbocycles. The van der Waals surface area contributed by atoms with Crippen molar-refractivity contribution in [3.8, 4) is 0 Å². The summed E-state index contributed by atoms with van der Waals surface area (Å²) in [4.78, 5) is 12.2. The maximum absolute atomic E-state index is 12.2. The van der Waals surface area contributed by atoms with Gasteiger partial charge in [0.25, 0.3) is 0 Å². The molecule has 0 saturated carbocycles. The van der Waals surface area contributed by atoms with E-state index in [4.69, 9.17) is 0 Å². The van der Waals surface area contributed by atoms with Crippen LogP contribution in [0.1, 0.15) is 24.5 Å². The molecule has 1 aliphatic heterocycles. The van der Waals surface area contributed by atoms with Crippen molar-refractivity contribution >= 4 is 10.9 Å². The Bertz CT molecular complexity index is 670. The molecule has 2 nitrogen and oxygen atoms in total. The molecule has 1 atom stereocenters. The van der Waals surface area contributed by atoms with Gasteiger partial charge in [-0.1, -0.05) is 0 Å². The Morgan fingerprint density at radius 3 is 2.94 bits per heavy atom. The van der Waals surface area contributed by atoms with Crippen LogP contribution in [0.25, 0.3) is 10.9 Å². The molecule has 1 unspecified atom stereocenters. The first-order valence-corrected chi connectivity index (χ1v) is 7.20. The van der Waals surface area contributed by atoms with Crippen molar-refractivity contribution in [2.24, 2.45) is 0 Å². The average Bonchev–Trinajstić information content (AvgIpc) is 2.30. The molecule has 2 heterocycles. The first kappa shape index (κ1) is 11.2. The standard InChI is InChI=1S/C14H14NO.Re/c1-9-8-15-10(2)6-7-11-4-3-5-12(13(11)15)14(9)16;/h3-5,8H,6-7H2,1-2H3;. The van der Waals surface area contributed by atoms with Crippen LogP contribution in [0.2, 0.25) is 0 Å². The quantitative estimate of drug-likeness (QED) is 0.668. The molecule has 0 saturated heterocycles. The summed E-state index contributed by atoms with van der Waals surface area (Å²) in [5.74, 6) is 0. The van der Waals surface area contributed by atoms with Crippen molar-refractivity contribution in [3.05, 3.63) is 45.7 Å². The fourth-order valence-electron chi connectivity index (χ4n) is 2.64. The van der Waals surface area contributed by atoms with E-state index in [1.807, 2.05) is 25.3 Å². The topological polar surface area (TPSA) is 22.0 Å². The van der Waals surface area contributed by atoms with Crippen LogP contribution in [0, 0.1) is 6.92 Å². The number of benzene rings is 1. The number of hydrogen-bond donors (Lipinski definition) is 0. The number of aromatic nitrogens is 1. The van der Waals surface area contributed by atoms with E-state index in [9.17, 15) is 4.79 Å². The fourth-order valence-corrected chi connectivity index (χ4v) is 3.46. The maximum atomic E-state index is 12.2. The number of hydrogen-bond acceptors (Lipinski definition) is 1. The van der Waals surface area contributed by atoms with E-state index >= 15 is 0 Å². The summed E-state index contributed by atoms with van der Waals surface area (Å²) < 4.78 is 2.47. The van der Waals surface area contributed by atoms with E-state index in [1.165, 1.54) is 5.56 Å². The summed E-state index contributed by atoms with van der Waals surface area (Å²) in [5.41, 5.74) is 3.49. The van der Waals surface area contributed by atoms with Crippen LogP contribution in [0.15, 0.2) is 29.2 Å². The molecule has 0 radical (unpaired) electrons. The van der Waals surface area contributed by atoms with Gasteiger partial charge in [0.15, 0.2) is 0 Å². The zero-order valence-electron chi connectivity index (χ0n) is 9.96. The van der Waals surface area contributed by atoms with Crippen LogP contribution >= 0.6 is 0 Å². The molecule has 0 N–H and O–H groups in total. The molecule has 3 heteroatoms. The van der Waals surface area contributed by atoms with Crippen LogP contribution in [0.4, 0.5) is 0 Å². The monoisotopic (exact) mass is 399 g/mol. The van der Waals surface area contributed by atoms with Gasteiger partial charge in [-0.3, -0.25) is 0 Å². The summed E-state index contributed by atoms with van der Waals surface area (Å²) in [5, 5.41) is 0.880. The first-order valence-electron chi connectivity index (χ1n) is 5.84. The molecule has 0 spiro atoms. The minimum absolute atomic E-state index is 0.158. The van der Waals surface area contributed by atoms with Crippen molar-refractivity contribution < 1.29 is 19.2 Å². The van der Waals surface area contributed by atoms with Crippen LogP contribution in [-0.4, -0.2) is 4.57 Å². The molecule has 88 valence electrons. The summed E-state index contributed by atoms with van der Waals surface area (Å²) in [6.07, 6.45) is 4.26. The second-order valence-electron chi connectivity index (χ2n) is 4.97. The molecule has 3 rings (SSSR count). The Kier molecular flexibility index (Phi) is 2.33. The van der Waals surface area contributed by atoms with Gasteiger partial charge in [0.2, 0.25) is 0 Å². The summed E-state index contributed by atoms with van der Waals surface area (Å²) in [6, 6.07) is 6.11. The normalized spacial score (nSPS) is 23.0. The fraction of sp³-hybridized carbons (Fsp3) is 0.357. The van der Waals surface area contributed by atoms with Gasteiger partial charge in [0, 0.05) is 0 Å². The predicted octanol–water partition coefficient (Wildman–Crippen LogP) is 2.48. The van der Waals surface area contributed by atoms with E-state index in [0.717, 1.165) is 29.3 Å². The van der Waals surface area contributed by atoms with Gasteiger partial charge in [0.1, 0.15) is 0 Å². The number of aryl methyl sites for hydroxylation is 2. The van der Waals surface area contributed by atoms with E-state index in [2.05, 4.69) is 17.6 Å². The summed E-state index contributed by atoms with van der Waals surface area (Å²) >= 11 is 1.79. The molecule has 1 aliphatic rings. The van der Waals surface area contributed by atoms with Gasteiger partial charge in [0.05, 0.1) is 0 Å². The molecule has 0 bridgehead atoms. The Balaban J connectivity index is 2.57. The second kappa shape index (κ2) is 3.54. The molecule has 0 aliphatic carbocycles. The van der Waals surface area contributed by atoms with Gasteiger partial charge >= 0.3 is 111 Å². The number of rotatable bonds is 0. The van der Waals surface area contributed by atoms with Crippen LogP contribution < -0.4 is 5.43 Å². The average molecular weight is 398 g/mol. The molecular weight excluding hydrogens is 384 g/mol. The zero-order valence-corrected chi connectivity index (χ0v) is 12.7.